The van der Waals surface area contributed by atoms with Gasteiger partial charge in [0.2, 0.25) is 6.79 Å². The van der Waals surface area contributed by atoms with Crippen molar-refractivity contribution < 1.29 is 9.47 Å². The molecule has 0 spiro atoms. The van der Waals surface area contributed by atoms with Crippen LogP contribution in [0.4, 0.5) is 0 Å². The van der Waals surface area contributed by atoms with E-state index < -0.39 is 0 Å². The first-order valence-electron chi connectivity index (χ1n) is 8.75. The number of hydrogen-bond acceptors (Lipinski definition) is 3. The Hall–Kier alpha value is -2.69. The summed E-state index contributed by atoms with van der Waals surface area (Å²) in [5.74, 6) is 2.40. The molecule has 0 amide bonds. The van der Waals surface area contributed by atoms with Gasteiger partial charge in [0.05, 0.1) is 0 Å². The third kappa shape index (κ3) is 3.55. The van der Waals surface area contributed by atoms with E-state index in [9.17, 15) is 0 Å². The molecule has 0 bridgehead atoms. The lowest BCUT2D eigenvalue weighted by Crippen LogP contribution is -2.36. The lowest BCUT2D eigenvalue weighted by atomic mass is 10.1. The zero-order valence-corrected chi connectivity index (χ0v) is 14.5. The minimum absolute atomic E-state index is 0.302. The fourth-order valence-corrected chi connectivity index (χ4v) is 3.38. The number of fused-ring (bicyclic) bond motifs is 2. The van der Waals surface area contributed by atoms with E-state index in [1.807, 2.05) is 18.2 Å². The molecule has 0 radical (unpaired) electrons. The van der Waals surface area contributed by atoms with Gasteiger partial charge in [-0.3, -0.25) is 4.99 Å². The molecule has 5 nitrogen and oxygen atoms in total. The largest absolute Gasteiger partial charge is 0.454 e. The molecule has 4 rings (SSSR count). The highest BCUT2D eigenvalue weighted by Crippen LogP contribution is 2.32. The van der Waals surface area contributed by atoms with Crippen molar-refractivity contribution in [3.05, 3.63) is 58.7 Å². The summed E-state index contributed by atoms with van der Waals surface area (Å²) in [5, 5.41) is 6.72. The van der Waals surface area contributed by atoms with E-state index in [-0.39, 0.29) is 0 Å². The summed E-state index contributed by atoms with van der Waals surface area (Å²) in [5.41, 5.74) is 5.44. The minimum atomic E-state index is 0.302. The van der Waals surface area contributed by atoms with Crippen molar-refractivity contribution in [2.45, 2.75) is 32.4 Å². The van der Waals surface area contributed by atoms with Gasteiger partial charge in [0.1, 0.15) is 0 Å². The maximum absolute atomic E-state index is 5.42. The molecule has 2 aliphatic rings. The molecule has 0 unspecified atom stereocenters. The average molecular weight is 337 g/mol. The van der Waals surface area contributed by atoms with Gasteiger partial charge in [-0.2, -0.15) is 0 Å². The average Bonchev–Trinajstić information content (AvgIpc) is 3.29. The molecule has 1 heterocycles. The Morgan fingerprint density at radius 2 is 1.64 bits per heavy atom. The minimum Gasteiger partial charge on any atom is -0.454 e. The highest BCUT2D eigenvalue weighted by molar-refractivity contribution is 5.79. The van der Waals surface area contributed by atoms with Gasteiger partial charge in [-0.05, 0) is 53.6 Å². The Morgan fingerprint density at radius 3 is 2.48 bits per heavy atom. The van der Waals surface area contributed by atoms with E-state index in [4.69, 9.17) is 9.47 Å². The van der Waals surface area contributed by atoms with Crippen molar-refractivity contribution in [1.29, 1.82) is 0 Å². The van der Waals surface area contributed by atoms with Crippen molar-refractivity contribution in [1.82, 2.24) is 10.6 Å². The fourth-order valence-electron chi connectivity index (χ4n) is 3.38. The first kappa shape index (κ1) is 15.8. The van der Waals surface area contributed by atoms with Gasteiger partial charge in [-0.25, -0.2) is 0 Å². The van der Waals surface area contributed by atoms with Crippen molar-refractivity contribution in [3.63, 3.8) is 0 Å². The summed E-state index contributed by atoms with van der Waals surface area (Å²) in [6.45, 7) is 1.75. The topological polar surface area (TPSA) is 54.9 Å². The van der Waals surface area contributed by atoms with E-state index in [2.05, 4.69) is 33.8 Å². The highest BCUT2D eigenvalue weighted by atomic mass is 16.7. The van der Waals surface area contributed by atoms with Gasteiger partial charge in [-0.1, -0.05) is 24.3 Å². The van der Waals surface area contributed by atoms with Crippen LogP contribution in [0, 0.1) is 0 Å². The van der Waals surface area contributed by atoms with E-state index in [1.54, 1.807) is 7.05 Å². The first-order valence-corrected chi connectivity index (χ1v) is 8.75. The maximum atomic E-state index is 5.42. The normalized spacial score (nSPS) is 15.2. The smallest absolute Gasteiger partial charge is 0.231 e. The number of guanidine groups is 1. The maximum Gasteiger partial charge on any atom is 0.231 e. The molecule has 130 valence electrons. The number of hydrogen-bond donors (Lipinski definition) is 2. The molecule has 0 fully saturated rings. The lowest BCUT2D eigenvalue weighted by molar-refractivity contribution is 0.174. The Morgan fingerprint density at radius 1 is 0.920 bits per heavy atom. The van der Waals surface area contributed by atoms with Crippen LogP contribution < -0.4 is 20.1 Å². The number of benzene rings is 2. The molecule has 0 atom stereocenters. The zero-order valence-electron chi connectivity index (χ0n) is 14.5. The predicted octanol–water partition coefficient (Wildman–Crippen LogP) is 2.77. The van der Waals surface area contributed by atoms with Crippen LogP contribution in [0.1, 0.15) is 28.7 Å². The third-order valence-electron chi connectivity index (χ3n) is 4.74. The molecule has 5 heteroatoms. The van der Waals surface area contributed by atoms with Crippen molar-refractivity contribution >= 4 is 5.96 Å². The Balaban J connectivity index is 1.32. The summed E-state index contributed by atoms with van der Waals surface area (Å²) >= 11 is 0. The molecule has 2 aromatic rings. The third-order valence-corrected chi connectivity index (χ3v) is 4.74. The van der Waals surface area contributed by atoms with Crippen LogP contribution in [-0.2, 0) is 25.9 Å². The number of nitrogens with zero attached hydrogens (tertiary/aromatic N) is 1. The van der Waals surface area contributed by atoms with Crippen LogP contribution in [0.15, 0.2) is 41.4 Å². The van der Waals surface area contributed by atoms with Crippen molar-refractivity contribution in [2.24, 2.45) is 4.99 Å². The molecular weight excluding hydrogens is 314 g/mol. The quantitative estimate of drug-likeness (QED) is 0.665. The number of aliphatic imine (C=N–C) groups is 1. The van der Waals surface area contributed by atoms with Gasteiger partial charge in [0.15, 0.2) is 17.5 Å². The second kappa shape index (κ2) is 7.05. The zero-order chi connectivity index (χ0) is 17.1. The summed E-state index contributed by atoms with van der Waals surface area (Å²) < 4.78 is 10.8. The molecule has 0 saturated carbocycles. The fraction of sp³-hybridized carbons (Fsp3) is 0.350. The summed E-state index contributed by atoms with van der Waals surface area (Å²) in [7, 11) is 1.79. The summed E-state index contributed by atoms with van der Waals surface area (Å²) in [6.07, 6.45) is 3.72. The summed E-state index contributed by atoms with van der Waals surface area (Å²) in [6, 6.07) is 12.8. The Kier molecular flexibility index (Phi) is 4.46. The standard InChI is InChI=1S/C20H23N3O2/c1-21-20(22-11-14-5-7-16-3-2-4-17(16)9-14)23-12-15-6-8-18-19(10-15)25-13-24-18/h5-10H,2-4,11-13H2,1H3,(H2,21,22,23). The number of ether oxygens (including phenoxy) is 2. The second-order valence-corrected chi connectivity index (χ2v) is 6.42. The van der Waals surface area contributed by atoms with Crippen molar-refractivity contribution in [2.75, 3.05) is 13.8 Å². The van der Waals surface area contributed by atoms with Gasteiger partial charge in [0, 0.05) is 20.1 Å². The molecule has 2 N–H and O–H groups in total. The SMILES string of the molecule is CN=C(NCc1ccc2c(c1)CCC2)NCc1ccc2c(c1)OCO2. The van der Waals surface area contributed by atoms with E-state index in [0.29, 0.717) is 13.3 Å². The number of nitrogens with one attached hydrogen (secondary N) is 2. The van der Waals surface area contributed by atoms with Crippen molar-refractivity contribution in [3.8, 4) is 11.5 Å². The van der Waals surface area contributed by atoms with E-state index in [1.165, 1.54) is 36.0 Å². The predicted molar refractivity (Wildman–Crippen MR) is 98.1 cm³/mol. The van der Waals surface area contributed by atoms with Crippen LogP contribution >= 0.6 is 0 Å². The Labute approximate surface area is 148 Å². The lowest BCUT2D eigenvalue weighted by Gasteiger charge is -2.13. The van der Waals surface area contributed by atoms with Crippen LogP contribution in [0.5, 0.6) is 11.5 Å². The van der Waals surface area contributed by atoms with Crippen LogP contribution in [0.2, 0.25) is 0 Å². The number of rotatable bonds is 4. The molecule has 0 aromatic heterocycles. The monoisotopic (exact) mass is 337 g/mol. The molecule has 0 saturated heterocycles. The van der Waals surface area contributed by atoms with Crippen LogP contribution in [0.25, 0.3) is 0 Å². The van der Waals surface area contributed by atoms with Gasteiger partial charge in [0.25, 0.3) is 0 Å². The number of aryl methyl sites for hydroxylation is 2. The van der Waals surface area contributed by atoms with Gasteiger partial charge < -0.3 is 20.1 Å². The second-order valence-electron chi connectivity index (χ2n) is 6.42. The van der Waals surface area contributed by atoms with Gasteiger partial charge >= 0.3 is 0 Å². The molecular formula is C20H23N3O2. The van der Waals surface area contributed by atoms with E-state index >= 15 is 0 Å². The molecule has 2 aromatic carbocycles. The van der Waals surface area contributed by atoms with Crippen LogP contribution in [-0.4, -0.2) is 19.8 Å². The van der Waals surface area contributed by atoms with Gasteiger partial charge in [-0.15, -0.1) is 0 Å². The molecule has 25 heavy (non-hydrogen) atoms. The highest BCUT2D eigenvalue weighted by Gasteiger charge is 2.13. The first-order chi connectivity index (χ1) is 12.3. The molecule has 1 aliphatic carbocycles. The van der Waals surface area contributed by atoms with Crippen LogP contribution in [0.3, 0.4) is 0 Å². The summed E-state index contributed by atoms with van der Waals surface area (Å²) in [4.78, 5) is 4.30. The Bertz CT molecular complexity index is 738. The molecule has 1 aliphatic heterocycles. The van der Waals surface area contributed by atoms with E-state index in [0.717, 1.165) is 29.6 Å².